The van der Waals surface area contributed by atoms with Crippen LogP contribution in [0.5, 0.6) is 0 Å². The molecule has 1 aliphatic rings. The van der Waals surface area contributed by atoms with E-state index >= 15 is 0 Å². The highest BCUT2D eigenvalue weighted by Crippen LogP contribution is 2.30. The van der Waals surface area contributed by atoms with Gasteiger partial charge in [-0.1, -0.05) is 23.2 Å². The number of sulfonamides is 1. The van der Waals surface area contributed by atoms with E-state index in [0.717, 1.165) is 10.4 Å². The number of aliphatic hydroxyl groups is 1. The Morgan fingerprint density at radius 2 is 1.95 bits per heavy atom. The van der Waals surface area contributed by atoms with Crippen LogP contribution in [0.3, 0.4) is 0 Å². The van der Waals surface area contributed by atoms with Crippen LogP contribution in [0.1, 0.15) is 6.42 Å². The average molecular weight is 340 g/mol. The lowest BCUT2D eigenvalue weighted by atomic mass is 10.2. The molecule has 9 heteroatoms. The van der Waals surface area contributed by atoms with Crippen molar-refractivity contribution in [2.75, 3.05) is 6.54 Å². The first-order valence-corrected chi connectivity index (χ1v) is 7.81. The van der Waals surface area contributed by atoms with Crippen LogP contribution >= 0.6 is 23.2 Å². The Kier molecular flexibility index (Phi) is 4.27. The summed E-state index contributed by atoms with van der Waals surface area (Å²) in [7, 11) is -4.06. The quantitative estimate of drug-likeness (QED) is 0.862. The Labute approximate surface area is 125 Å². The molecule has 1 aliphatic heterocycles. The van der Waals surface area contributed by atoms with E-state index in [4.69, 9.17) is 28.3 Å². The Morgan fingerprint density at radius 3 is 2.50 bits per heavy atom. The average Bonchev–Trinajstić information content (AvgIpc) is 2.75. The molecule has 0 radical (unpaired) electrons. The van der Waals surface area contributed by atoms with Crippen molar-refractivity contribution >= 4 is 39.2 Å². The van der Waals surface area contributed by atoms with Gasteiger partial charge in [-0.05, 0) is 18.2 Å². The second-order valence-corrected chi connectivity index (χ2v) is 7.10. The summed E-state index contributed by atoms with van der Waals surface area (Å²) in [5.74, 6) is -1.30. The lowest BCUT2D eigenvalue weighted by molar-refractivity contribution is -0.140. The number of carboxylic acid groups (broad SMARTS) is 1. The Balaban J connectivity index is 2.43. The first-order valence-electron chi connectivity index (χ1n) is 5.61. The molecule has 1 heterocycles. The number of hydrogen-bond acceptors (Lipinski definition) is 4. The van der Waals surface area contributed by atoms with E-state index in [0.29, 0.717) is 0 Å². The first kappa shape index (κ1) is 15.5. The molecule has 0 saturated carbocycles. The van der Waals surface area contributed by atoms with Crippen molar-refractivity contribution in [2.45, 2.75) is 23.5 Å². The number of halogens is 2. The van der Waals surface area contributed by atoms with Gasteiger partial charge < -0.3 is 10.2 Å². The summed E-state index contributed by atoms with van der Waals surface area (Å²) in [5, 5.41) is 18.8. The molecule has 0 amide bonds. The van der Waals surface area contributed by atoms with Crippen LogP contribution in [0.4, 0.5) is 0 Å². The topological polar surface area (TPSA) is 94.9 Å². The van der Waals surface area contributed by atoms with E-state index in [-0.39, 0.29) is 27.9 Å². The minimum atomic E-state index is -4.06. The molecular formula is C11H11Cl2NO5S. The molecule has 110 valence electrons. The van der Waals surface area contributed by atoms with E-state index in [1.165, 1.54) is 12.1 Å². The zero-order valence-corrected chi connectivity index (χ0v) is 12.4. The zero-order valence-electron chi connectivity index (χ0n) is 10.0. The van der Waals surface area contributed by atoms with E-state index in [2.05, 4.69) is 0 Å². The fourth-order valence-corrected chi connectivity index (χ4v) is 4.07. The SMILES string of the molecule is O=C(O)[C@@H]1C[C@H](O)CN1S(=O)(=O)c1ccc(Cl)c(Cl)c1. The molecule has 1 saturated heterocycles. The molecule has 0 bridgehead atoms. The Morgan fingerprint density at radius 1 is 1.30 bits per heavy atom. The van der Waals surface area contributed by atoms with Crippen molar-refractivity contribution < 1.29 is 23.4 Å². The van der Waals surface area contributed by atoms with Gasteiger partial charge in [-0.15, -0.1) is 0 Å². The second-order valence-electron chi connectivity index (χ2n) is 4.39. The molecule has 0 spiro atoms. The van der Waals surface area contributed by atoms with Crippen molar-refractivity contribution in [3.63, 3.8) is 0 Å². The number of benzene rings is 1. The molecular weight excluding hydrogens is 329 g/mol. The van der Waals surface area contributed by atoms with Crippen molar-refractivity contribution in [1.29, 1.82) is 0 Å². The molecule has 1 fully saturated rings. The highest BCUT2D eigenvalue weighted by Gasteiger charge is 2.43. The molecule has 2 rings (SSSR count). The number of aliphatic carboxylic acids is 1. The molecule has 1 aromatic rings. The van der Waals surface area contributed by atoms with Gasteiger partial charge in [-0.2, -0.15) is 4.31 Å². The normalized spacial score (nSPS) is 23.9. The first-order chi connectivity index (χ1) is 9.23. The van der Waals surface area contributed by atoms with Crippen molar-refractivity contribution in [3.05, 3.63) is 28.2 Å². The van der Waals surface area contributed by atoms with Crippen LogP contribution in [-0.4, -0.2) is 47.6 Å². The third-order valence-electron chi connectivity index (χ3n) is 3.02. The lowest BCUT2D eigenvalue weighted by Gasteiger charge is -2.20. The number of carbonyl (C=O) groups is 1. The minimum Gasteiger partial charge on any atom is -0.480 e. The third kappa shape index (κ3) is 2.77. The maximum Gasteiger partial charge on any atom is 0.322 e. The summed E-state index contributed by atoms with van der Waals surface area (Å²) >= 11 is 11.5. The fourth-order valence-electron chi connectivity index (χ4n) is 2.05. The van der Waals surface area contributed by atoms with Gasteiger partial charge in [0.2, 0.25) is 10.0 Å². The maximum atomic E-state index is 12.4. The van der Waals surface area contributed by atoms with E-state index in [1.54, 1.807) is 0 Å². The van der Waals surface area contributed by atoms with Crippen molar-refractivity contribution in [2.24, 2.45) is 0 Å². The van der Waals surface area contributed by atoms with Gasteiger partial charge in [-0.3, -0.25) is 4.79 Å². The largest absolute Gasteiger partial charge is 0.480 e. The Hall–Kier alpha value is -0.860. The number of rotatable bonds is 3. The van der Waals surface area contributed by atoms with Crippen LogP contribution < -0.4 is 0 Å². The number of β-amino-alcohol motifs (C(OH)–C–C–N with tert-alkyl or cyclic N) is 1. The highest BCUT2D eigenvalue weighted by molar-refractivity contribution is 7.89. The molecule has 0 unspecified atom stereocenters. The summed E-state index contributed by atoms with van der Waals surface area (Å²) in [6.45, 7) is -0.264. The lowest BCUT2D eigenvalue weighted by Crippen LogP contribution is -2.40. The minimum absolute atomic E-state index is 0.0550. The standard InChI is InChI=1S/C11H11Cl2NO5S/c12-8-2-1-7(4-9(8)13)20(18,19)14-5-6(15)3-10(14)11(16)17/h1-2,4,6,10,15H,3,5H2,(H,16,17)/t6-,10-/m0/s1. The van der Waals surface area contributed by atoms with Gasteiger partial charge in [0.15, 0.2) is 0 Å². The van der Waals surface area contributed by atoms with E-state index in [9.17, 15) is 18.3 Å². The molecule has 6 nitrogen and oxygen atoms in total. The summed E-state index contributed by atoms with van der Waals surface area (Å²) in [4.78, 5) is 10.9. The highest BCUT2D eigenvalue weighted by atomic mass is 35.5. The predicted molar refractivity (Wildman–Crippen MR) is 72.4 cm³/mol. The number of aliphatic hydroxyl groups excluding tert-OH is 1. The van der Waals surface area contributed by atoms with Crippen LogP contribution in [0, 0.1) is 0 Å². The van der Waals surface area contributed by atoms with Crippen LogP contribution in [0.15, 0.2) is 23.1 Å². The predicted octanol–water partition coefficient (Wildman–Crippen LogP) is 1.20. The van der Waals surface area contributed by atoms with Gasteiger partial charge in [0.25, 0.3) is 0 Å². The molecule has 0 aromatic heterocycles. The van der Waals surface area contributed by atoms with Gasteiger partial charge in [-0.25, -0.2) is 8.42 Å². The second kappa shape index (κ2) is 5.50. The Bertz CT molecular complexity index is 648. The number of hydrogen-bond donors (Lipinski definition) is 2. The maximum absolute atomic E-state index is 12.4. The zero-order chi connectivity index (χ0) is 15.1. The van der Waals surface area contributed by atoms with Gasteiger partial charge in [0.1, 0.15) is 6.04 Å². The van der Waals surface area contributed by atoms with Crippen LogP contribution in [0.2, 0.25) is 10.0 Å². The number of carboxylic acids is 1. The molecule has 20 heavy (non-hydrogen) atoms. The number of nitrogens with zero attached hydrogens (tertiary/aromatic N) is 1. The summed E-state index contributed by atoms with van der Waals surface area (Å²) in [6.07, 6.45) is -1.15. The summed E-state index contributed by atoms with van der Waals surface area (Å²) < 4.78 is 25.6. The summed E-state index contributed by atoms with van der Waals surface area (Å²) in [5.41, 5.74) is 0. The van der Waals surface area contributed by atoms with Crippen LogP contribution in [-0.2, 0) is 14.8 Å². The molecule has 1 aromatic carbocycles. The monoisotopic (exact) mass is 339 g/mol. The van der Waals surface area contributed by atoms with Gasteiger partial charge in [0.05, 0.1) is 21.0 Å². The fraction of sp³-hybridized carbons (Fsp3) is 0.364. The van der Waals surface area contributed by atoms with E-state index < -0.39 is 28.1 Å². The molecule has 2 atom stereocenters. The smallest absolute Gasteiger partial charge is 0.322 e. The molecule has 2 N–H and O–H groups in total. The van der Waals surface area contributed by atoms with Gasteiger partial charge in [0, 0.05) is 13.0 Å². The molecule has 0 aliphatic carbocycles. The van der Waals surface area contributed by atoms with Crippen LogP contribution in [0.25, 0.3) is 0 Å². The van der Waals surface area contributed by atoms with E-state index in [1.807, 2.05) is 0 Å². The van der Waals surface area contributed by atoms with Crippen molar-refractivity contribution in [1.82, 2.24) is 4.31 Å². The van der Waals surface area contributed by atoms with Crippen molar-refractivity contribution in [3.8, 4) is 0 Å². The summed E-state index contributed by atoms with van der Waals surface area (Å²) in [6, 6.07) is 2.43. The third-order valence-corrected chi connectivity index (χ3v) is 5.63. The van der Waals surface area contributed by atoms with Gasteiger partial charge >= 0.3 is 5.97 Å².